The van der Waals surface area contributed by atoms with Gasteiger partial charge in [0.1, 0.15) is 30.3 Å². The molecule has 1 amide bonds. The van der Waals surface area contributed by atoms with E-state index in [9.17, 15) is 9.18 Å². The SMILES string of the molecule is CN(C)C/C=C/C(=O)Nc1cc2c(Nc3ccc(F)c(Cl)c3)ncnc2cc1OC[C@@H]1CCCO1. The molecule has 0 bridgehead atoms. The summed E-state index contributed by atoms with van der Waals surface area (Å²) in [7, 11) is 3.84. The molecule has 1 aliphatic rings. The number of ether oxygens (including phenoxy) is 2. The van der Waals surface area contributed by atoms with Crippen LogP contribution in [0.3, 0.4) is 0 Å². The summed E-state index contributed by atoms with van der Waals surface area (Å²) in [5.41, 5.74) is 1.65. The van der Waals surface area contributed by atoms with Gasteiger partial charge in [-0.15, -0.1) is 0 Å². The van der Waals surface area contributed by atoms with Gasteiger partial charge < -0.3 is 25.0 Å². The summed E-state index contributed by atoms with van der Waals surface area (Å²) in [6.45, 7) is 1.73. The number of benzene rings is 2. The van der Waals surface area contributed by atoms with E-state index in [-0.39, 0.29) is 17.0 Å². The smallest absolute Gasteiger partial charge is 0.248 e. The second-order valence-electron chi connectivity index (χ2n) is 8.44. The number of hydrogen-bond donors (Lipinski definition) is 2. The van der Waals surface area contributed by atoms with Crippen molar-refractivity contribution in [2.24, 2.45) is 0 Å². The fourth-order valence-electron chi connectivity index (χ4n) is 3.61. The fourth-order valence-corrected chi connectivity index (χ4v) is 3.80. The number of likely N-dealkylation sites (N-methyl/N-ethyl adjacent to an activating group) is 1. The van der Waals surface area contributed by atoms with Gasteiger partial charge in [-0.3, -0.25) is 4.79 Å². The molecule has 184 valence electrons. The molecule has 8 nitrogen and oxygen atoms in total. The molecule has 1 atom stereocenters. The van der Waals surface area contributed by atoms with E-state index in [2.05, 4.69) is 20.6 Å². The Labute approximate surface area is 208 Å². The maximum absolute atomic E-state index is 13.6. The van der Waals surface area contributed by atoms with Crippen LogP contribution in [0.1, 0.15) is 12.8 Å². The van der Waals surface area contributed by atoms with E-state index in [1.54, 1.807) is 24.3 Å². The zero-order chi connectivity index (χ0) is 24.8. The molecule has 0 radical (unpaired) electrons. The van der Waals surface area contributed by atoms with Crippen molar-refractivity contribution >= 4 is 45.6 Å². The Hall–Kier alpha value is -3.27. The first-order valence-electron chi connectivity index (χ1n) is 11.3. The van der Waals surface area contributed by atoms with Crippen LogP contribution in [0, 0.1) is 5.82 Å². The van der Waals surface area contributed by atoms with E-state index in [0.717, 1.165) is 19.4 Å². The second kappa shape index (κ2) is 11.4. The predicted molar refractivity (Wildman–Crippen MR) is 135 cm³/mol. The second-order valence-corrected chi connectivity index (χ2v) is 8.85. The van der Waals surface area contributed by atoms with Crippen LogP contribution < -0.4 is 15.4 Å². The average Bonchev–Trinajstić information content (AvgIpc) is 3.34. The minimum Gasteiger partial charge on any atom is -0.489 e. The maximum Gasteiger partial charge on any atom is 0.248 e. The standard InChI is InChI=1S/C25H27ClFN5O3/c1-32(2)9-3-6-24(33)31-22-12-18-21(13-23(22)35-14-17-5-4-10-34-17)28-15-29-25(18)30-16-7-8-20(27)19(26)11-16/h3,6-8,11-13,15,17H,4-5,9-10,14H2,1-2H3,(H,31,33)(H,28,29,30)/b6-3+/t17-/m0/s1. The quantitative estimate of drug-likeness (QED) is 0.409. The van der Waals surface area contributed by atoms with Gasteiger partial charge in [0.05, 0.1) is 22.3 Å². The summed E-state index contributed by atoms with van der Waals surface area (Å²) in [6.07, 6.45) is 6.62. The minimum atomic E-state index is -0.509. The lowest BCUT2D eigenvalue weighted by Crippen LogP contribution is -2.18. The molecule has 10 heteroatoms. The third kappa shape index (κ3) is 6.66. The van der Waals surface area contributed by atoms with Crippen molar-refractivity contribution in [3.63, 3.8) is 0 Å². The molecule has 1 saturated heterocycles. The van der Waals surface area contributed by atoms with Gasteiger partial charge in [-0.1, -0.05) is 17.7 Å². The normalized spacial score (nSPS) is 15.7. The van der Waals surface area contributed by atoms with Gasteiger partial charge in [-0.25, -0.2) is 14.4 Å². The van der Waals surface area contributed by atoms with Crippen molar-refractivity contribution in [1.82, 2.24) is 14.9 Å². The van der Waals surface area contributed by atoms with E-state index in [1.165, 1.54) is 24.5 Å². The van der Waals surface area contributed by atoms with Crippen molar-refractivity contribution in [2.45, 2.75) is 18.9 Å². The lowest BCUT2D eigenvalue weighted by atomic mass is 10.1. The zero-order valence-corrected chi connectivity index (χ0v) is 20.3. The van der Waals surface area contributed by atoms with Gasteiger partial charge in [0.15, 0.2) is 0 Å². The number of amides is 1. The summed E-state index contributed by atoms with van der Waals surface area (Å²) in [6, 6.07) is 7.82. The molecule has 1 aliphatic heterocycles. The number of aromatic nitrogens is 2. The number of rotatable bonds is 9. The highest BCUT2D eigenvalue weighted by molar-refractivity contribution is 6.31. The number of fused-ring (bicyclic) bond motifs is 1. The largest absolute Gasteiger partial charge is 0.489 e. The number of halogens is 2. The molecule has 4 rings (SSSR count). The number of hydrogen-bond acceptors (Lipinski definition) is 7. The molecular formula is C25H27ClFN5O3. The molecule has 35 heavy (non-hydrogen) atoms. The molecule has 0 saturated carbocycles. The van der Waals surface area contributed by atoms with Crippen LogP contribution in [0.25, 0.3) is 10.9 Å². The third-order valence-electron chi connectivity index (χ3n) is 5.37. The Bertz CT molecular complexity index is 1230. The molecule has 3 aromatic rings. The first kappa shape index (κ1) is 24.8. The highest BCUT2D eigenvalue weighted by atomic mass is 35.5. The van der Waals surface area contributed by atoms with Crippen LogP contribution in [-0.2, 0) is 9.53 Å². The minimum absolute atomic E-state index is 0.00403. The first-order valence-corrected chi connectivity index (χ1v) is 11.6. The summed E-state index contributed by atoms with van der Waals surface area (Å²) in [4.78, 5) is 23.2. The van der Waals surface area contributed by atoms with Crippen LogP contribution in [0.2, 0.25) is 5.02 Å². The van der Waals surface area contributed by atoms with Gasteiger partial charge in [-0.05, 0) is 51.2 Å². The average molecular weight is 500 g/mol. The molecule has 1 fully saturated rings. The van der Waals surface area contributed by atoms with Crippen LogP contribution in [-0.4, -0.2) is 60.7 Å². The van der Waals surface area contributed by atoms with Gasteiger partial charge in [0.2, 0.25) is 5.91 Å². The Morgan fingerprint density at radius 2 is 2.17 bits per heavy atom. The van der Waals surface area contributed by atoms with Crippen molar-refractivity contribution in [1.29, 1.82) is 0 Å². The van der Waals surface area contributed by atoms with Crippen LogP contribution in [0.5, 0.6) is 5.75 Å². The molecule has 1 aromatic heterocycles. The Morgan fingerprint density at radius 1 is 1.31 bits per heavy atom. The molecule has 0 aliphatic carbocycles. The van der Waals surface area contributed by atoms with E-state index < -0.39 is 5.82 Å². The molecule has 2 heterocycles. The van der Waals surface area contributed by atoms with Gasteiger partial charge in [0, 0.05) is 36.4 Å². The van der Waals surface area contributed by atoms with Crippen molar-refractivity contribution < 1.29 is 18.7 Å². The van der Waals surface area contributed by atoms with E-state index >= 15 is 0 Å². The lowest BCUT2D eigenvalue weighted by Gasteiger charge is -2.17. The number of carbonyl (C=O) groups is 1. The Morgan fingerprint density at radius 3 is 2.91 bits per heavy atom. The van der Waals surface area contributed by atoms with E-state index in [4.69, 9.17) is 21.1 Å². The topological polar surface area (TPSA) is 88.6 Å². The van der Waals surface area contributed by atoms with Crippen LogP contribution >= 0.6 is 11.6 Å². The number of carbonyl (C=O) groups excluding carboxylic acids is 1. The van der Waals surface area contributed by atoms with Gasteiger partial charge >= 0.3 is 0 Å². The predicted octanol–water partition coefficient (Wildman–Crippen LogP) is 4.78. The lowest BCUT2D eigenvalue weighted by molar-refractivity contribution is -0.111. The summed E-state index contributed by atoms with van der Waals surface area (Å²) < 4.78 is 25.3. The number of anilines is 3. The van der Waals surface area contributed by atoms with Crippen molar-refractivity contribution in [3.8, 4) is 5.75 Å². The molecule has 0 unspecified atom stereocenters. The Balaban J connectivity index is 1.65. The van der Waals surface area contributed by atoms with Gasteiger partial charge in [-0.2, -0.15) is 0 Å². The van der Waals surface area contributed by atoms with Crippen molar-refractivity contribution in [3.05, 3.63) is 59.7 Å². The third-order valence-corrected chi connectivity index (χ3v) is 5.66. The highest BCUT2D eigenvalue weighted by Crippen LogP contribution is 2.34. The molecule has 2 aromatic carbocycles. The van der Waals surface area contributed by atoms with Gasteiger partial charge in [0.25, 0.3) is 0 Å². The maximum atomic E-state index is 13.6. The fraction of sp³-hybridized carbons (Fsp3) is 0.320. The highest BCUT2D eigenvalue weighted by Gasteiger charge is 2.19. The monoisotopic (exact) mass is 499 g/mol. The van der Waals surface area contributed by atoms with Crippen LogP contribution in [0.4, 0.5) is 21.6 Å². The summed E-state index contributed by atoms with van der Waals surface area (Å²) in [5.74, 6) is 0.161. The summed E-state index contributed by atoms with van der Waals surface area (Å²) in [5, 5.41) is 6.68. The van der Waals surface area contributed by atoms with Crippen molar-refractivity contribution in [2.75, 3.05) is 44.5 Å². The number of nitrogens with one attached hydrogen (secondary N) is 2. The zero-order valence-electron chi connectivity index (χ0n) is 19.6. The summed E-state index contributed by atoms with van der Waals surface area (Å²) >= 11 is 5.92. The van der Waals surface area contributed by atoms with E-state index in [1.807, 2.05) is 19.0 Å². The van der Waals surface area contributed by atoms with Crippen LogP contribution in [0.15, 0.2) is 48.8 Å². The molecular weight excluding hydrogens is 473 g/mol. The Kier molecular flexibility index (Phi) is 8.12. The first-order chi connectivity index (χ1) is 16.9. The molecule has 0 spiro atoms. The molecule has 2 N–H and O–H groups in total. The van der Waals surface area contributed by atoms with E-state index in [0.29, 0.717) is 47.0 Å². The number of nitrogens with zero attached hydrogens (tertiary/aromatic N) is 3.